The molecule has 0 bridgehead atoms. The van der Waals surface area contributed by atoms with Gasteiger partial charge in [-0.25, -0.2) is 9.97 Å². The average molecular weight is 276 g/mol. The Bertz CT molecular complexity index is 726. The van der Waals surface area contributed by atoms with E-state index in [4.69, 9.17) is 4.74 Å². The van der Waals surface area contributed by atoms with Crippen LogP contribution in [0.4, 0.5) is 0 Å². The summed E-state index contributed by atoms with van der Waals surface area (Å²) in [5, 5.41) is 0. The van der Waals surface area contributed by atoms with E-state index in [0.29, 0.717) is 12.4 Å². The van der Waals surface area contributed by atoms with Crippen LogP contribution in [0.3, 0.4) is 0 Å². The largest absolute Gasteiger partial charge is 0.493 e. The summed E-state index contributed by atoms with van der Waals surface area (Å²) in [6.07, 6.45) is 1.79. The summed E-state index contributed by atoms with van der Waals surface area (Å²) in [5.41, 5.74) is 2.90. The Labute approximate surface area is 124 Å². The fourth-order valence-electron chi connectivity index (χ4n) is 2.19. The fourth-order valence-corrected chi connectivity index (χ4v) is 2.19. The van der Waals surface area contributed by atoms with Gasteiger partial charge in [0.1, 0.15) is 5.75 Å². The molecule has 3 rings (SSSR count). The number of nitrogens with zero attached hydrogens (tertiary/aromatic N) is 2. The predicted octanol–water partition coefficient (Wildman–Crippen LogP) is 4.21. The van der Waals surface area contributed by atoms with Gasteiger partial charge in [0, 0.05) is 11.8 Å². The van der Waals surface area contributed by atoms with Crippen molar-refractivity contribution in [1.29, 1.82) is 0 Å². The molecule has 0 saturated carbocycles. The molecule has 1 heterocycles. The quantitative estimate of drug-likeness (QED) is 0.716. The maximum absolute atomic E-state index is 5.66. The first kappa shape index (κ1) is 13.3. The van der Waals surface area contributed by atoms with Gasteiger partial charge in [0.05, 0.1) is 17.9 Å². The number of ether oxygens (including phenoxy) is 1. The van der Waals surface area contributed by atoms with E-state index in [1.165, 1.54) is 0 Å². The zero-order valence-electron chi connectivity index (χ0n) is 11.9. The number of benzene rings is 2. The third kappa shape index (κ3) is 2.92. The standard InChI is InChI=1S/C18H16N2O/c1-2-21-17-11-7-6-10-15(17)18-19-13-12-16(20-18)14-8-4-3-5-9-14/h3-13H,2H2,1H3. The van der Waals surface area contributed by atoms with Crippen molar-refractivity contribution >= 4 is 0 Å². The van der Waals surface area contributed by atoms with Crippen molar-refractivity contribution < 1.29 is 4.74 Å². The fraction of sp³-hybridized carbons (Fsp3) is 0.111. The Balaban J connectivity index is 2.05. The van der Waals surface area contributed by atoms with Gasteiger partial charge in [-0.3, -0.25) is 0 Å². The van der Waals surface area contributed by atoms with Gasteiger partial charge in [-0.15, -0.1) is 0 Å². The third-order valence-electron chi connectivity index (χ3n) is 3.15. The summed E-state index contributed by atoms with van der Waals surface area (Å²) in [7, 11) is 0. The van der Waals surface area contributed by atoms with Crippen molar-refractivity contribution in [3.63, 3.8) is 0 Å². The van der Waals surface area contributed by atoms with Gasteiger partial charge >= 0.3 is 0 Å². The third-order valence-corrected chi connectivity index (χ3v) is 3.15. The highest BCUT2D eigenvalue weighted by atomic mass is 16.5. The average Bonchev–Trinajstić information content (AvgIpc) is 2.57. The molecule has 1 aromatic heterocycles. The highest BCUT2D eigenvalue weighted by Crippen LogP contribution is 2.28. The second kappa shape index (κ2) is 6.18. The molecule has 3 nitrogen and oxygen atoms in total. The van der Waals surface area contributed by atoms with E-state index >= 15 is 0 Å². The second-order valence-electron chi connectivity index (χ2n) is 4.56. The Morgan fingerprint density at radius 1 is 0.905 bits per heavy atom. The van der Waals surface area contributed by atoms with Crippen LogP contribution in [-0.4, -0.2) is 16.6 Å². The second-order valence-corrected chi connectivity index (χ2v) is 4.56. The first-order valence-electron chi connectivity index (χ1n) is 6.99. The van der Waals surface area contributed by atoms with E-state index < -0.39 is 0 Å². The van der Waals surface area contributed by atoms with Crippen LogP contribution in [0, 0.1) is 0 Å². The molecule has 104 valence electrons. The number of rotatable bonds is 4. The monoisotopic (exact) mass is 276 g/mol. The minimum Gasteiger partial charge on any atom is -0.493 e. The molecule has 0 aliphatic heterocycles. The van der Waals surface area contributed by atoms with Gasteiger partial charge in [-0.2, -0.15) is 0 Å². The van der Waals surface area contributed by atoms with Crippen molar-refractivity contribution in [2.75, 3.05) is 6.61 Å². The summed E-state index contributed by atoms with van der Waals surface area (Å²) < 4.78 is 5.66. The van der Waals surface area contributed by atoms with Gasteiger partial charge < -0.3 is 4.74 Å². The topological polar surface area (TPSA) is 35.0 Å². The SMILES string of the molecule is CCOc1ccccc1-c1nccc(-c2ccccc2)n1. The molecule has 21 heavy (non-hydrogen) atoms. The molecular formula is C18H16N2O. The first-order valence-corrected chi connectivity index (χ1v) is 6.99. The lowest BCUT2D eigenvalue weighted by atomic mass is 10.1. The van der Waals surface area contributed by atoms with Gasteiger partial charge in [-0.1, -0.05) is 42.5 Å². The lowest BCUT2D eigenvalue weighted by molar-refractivity contribution is 0.341. The minimum atomic E-state index is 0.620. The Morgan fingerprint density at radius 2 is 1.67 bits per heavy atom. The van der Waals surface area contributed by atoms with E-state index in [-0.39, 0.29) is 0 Å². The number of hydrogen-bond donors (Lipinski definition) is 0. The Morgan fingerprint density at radius 3 is 2.48 bits per heavy atom. The van der Waals surface area contributed by atoms with Crippen LogP contribution in [0.1, 0.15) is 6.92 Å². The molecule has 3 aromatic rings. The number of hydrogen-bond acceptors (Lipinski definition) is 3. The van der Waals surface area contributed by atoms with Crippen molar-refractivity contribution in [1.82, 2.24) is 9.97 Å². The molecule has 0 fully saturated rings. The lowest BCUT2D eigenvalue weighted by Gasteiger charge is -2.09. The summed E-state index contributed by atoms with van der Waals surface area (Å²) in [4.78, 5) is 9.05. The van der Waals surface area contributed by atoms with Crippen molar-refractivity contribution in [3.05, 3.63) is 66.9 Å². The van der Waals surface area contributed by atoms with E-state index in [1.54, 1.807) is 6.20 Å². The maximum Gasteiger partial charge on any atom is 0.163 e. The summed E-state index contributed by atoms with van der Waals surface area (Å²) in [6, 6.07) is 19.9. The number of para-hydroxylation sites is 1. The van der Waals surface area contributed by atoms with Gasteiger partial charge in [0.15, 0.2) is 5.82 Å². The molecule has 0 amide bonds. The van der Waals surface area contributed by atoms with E-state index in [2.05, 4.69) is 9.97 Å². The van der Waals surface area contributed by atoms with Crippen LogP contribution < -0.4 is 4.74 Å². The predicted molar refractivity (Wildman–Crippen MR) is 84.1 cm³/mol. The summed E-state index contributed by atoms with van der Waals surface area (Å²) >= 11 is 0. The molecule has 0 N–H and O–H groups in total. The molecule has 0 aliphatic carbocycles. The zero-order chi connectivity index (χ0) is 14.5. The highest BCUT2D eigenvalue weighted by Gasteiger charge is 2.09. The smallest absolute Gasteiger partial charge is 0.163 e. The molecule has 0 spiro atoms. The zero-order valence-corrected chi connectivity index (χ0v) is 11.9. The lowest BCUT2D eigenvalue weighted by Crippen LogP contribution is -1.97. The summed E-state index contributed by atoms with van der Waals surface area (Å²) in [6.45, 7) is 2.59. The molecule has 0 aliphatic rings. The molecule has 0 unspecified atom stereocenters. The van der Waals surface area contributed by atoms with Gasteiger partial charge in [0.25, 0.3) is 0 Å². The van der Waals surface area contributed by atoms with Crippen molar-refractivity contribution in [2.45, 2.75) is 6.92 Å². The van der Waals surface area contributed by atoms with Crippen LogP contribution in [-0.2, 0) is 0 Å². The Hall–Kier alpha value is -2.68. The Kier molecular flexibility index (Phi) is 3.92. The van der Waals surface area contributed by atoms with Crippen LogP contribution in [0.15, 0.2) is 66.9 Å². The highest BCUT2D eigenvalue weighted by molar-refractivity contribution is 5.67. The molecule has 0 radical (unpaired) electrons. The molecule has 2 aromatic carbocycles. The van der Waals surface area contributed by atoms with Crippen LogP contribution >= 0.6 is 0 Å². The normalized spacial score (nSPS) is 10.3. The van der Waals surface area contributed by atoms with Gasteiger partial charge in [-0.05, 0) is 25.1 Å². The van der Waals surface area contributed by atoms with E-state index in [0.717, 1.165) is 22.6 Å². The van der Waals surface area contributed by atoms with Crippen LogP contribution in [0.25, 0.3) is 22.6 Å². The van der Waals surface area contributed by atoms with E-state index in [9.17, 15) is 0 Å². The maximum atomic E-state index is 5.66. The first-order chi connectivity index (χ1) is 10.4. The van der Waals surface area contributed by atoms with E-state index in [1.807, 2.05) is 67.6 Å². The van der Waals surface area contributed by atoms with Crippen molar-refractivity contribution in [3.8, 4) is 28.4 Å². The number of aromatic nitrogens is 2. The molecule has 0 saturated heterocycles. The minimum absolute atomic E-state index is 0.620. The molecule has 3 heteroatoms. The van der Waals surface area contributed by atoms with Crippen LogP contribution in [0.2, 0.25) is 0 Å². The van der Waals surface area contributed by atoms with Crippen molar-refractivity contribution in [2.24, 2.45) is 0 Å². The van der Waals surface area contributed by atoms with Gasteiger partial charge in [0.2, 0.25) is 0 Å². The molecule has 0 atom stereocenters. The summed E-state index contributed by atoms with van der Waals surface area (Å²) in [5.74, 6) is 1.49. The van der Waals surface area contributed by atoms with Crippen LogP contribution in [0.5, 0.6) is 5.75 Å². The molecular weight excluding hydrogens is 260 g/mol.